The second-order valence-corrected chi connectivity index (χ2v) is 5.28. The summed E-state index contributed by atoms with van der Waals surface area (Å²) in [6.45, 7) is 0. The van der Waals surface area contributed by atoms with Crippen LogP contribution in [0.25, 0.3) is 0 Å². The highest BCUT2D eigenvalue weighted by Crippen LogP contribution is 1.77. The molecule has 0 radical (unpaired) electrons. The summed E-state index contributed by atoms with van der Waals surface area (Å²) < 4.78 is 42.4. The topological polar surface area (TPSA) is 106 Å². The molecule has 62 valence electrons. The van der Waals surface area contributed by atoms with Crippen LogP contribution in [0.2, 0.25) is 0 Å². The van der Waals surface area contributed by atoms with Crippen LogP contribution in [0, 0.1) is 0 Å². The molecule has 0 saturated heterocycles. The van der Waals surface area contributed by atoms with Crippen LogP contribution in [0.15, 0.2) is 0 Å². The number of sulfone groups is 1. The highest BCUT2D eigenvalue weighted by molar-refractivity contribution is 7.92. The molecule has 3 N–H and O–H groups in total. The van der Waals surface area contributed by atoms with E-state index in [2.05, 4.69) is 5.14 Å². The summed E-state index contributed by atoms with van der Waals surface area (Å²) in [6.07, 6.45) is 0.894. The van der Waals surface area contributed by atoms with E-state index in [9.17, 15) is 16.8 Å². The Kier molecular flexibility index (Phi) is 2.77. The fraction of sp³-hybridized carbons (Fsp3) is 1.00. The number of hydrogen-bond donors (Lipinski definition) is 2. The van der Waals surface area contributed by atoms with Crippen LogP contribution in [-0.2, 0) is 20.0 Å². The molecule has 0 aliphatic carbocycles. The van der Waals surface area contributed by atoms with Crippen LogP contribution in [0.4, 0.5) is 0 Å². The van der Waals surface area contributed by atoms with Crippen molar-refractivity contribution in [3.63, 3.8) is 0 Å². The van der Waals surface area contributed by atoms with Gasteiger partial charge in [0.1, 0.15) is 5.88 Å². The molecule has 10 heavy (non-hydrogen) atoms. The van der Waals surface area contributed by atoms with Gasteiger partial charge in [0.05, 0.1) is 0 Å². The monoisotopic (exact) mass is 188 g/mol. The highest BCUT2D eigenvalue weighted by atomic mass is 32.2. The van der Waals surface area contributed by atoms with E-state index < -0.39 is 25.9 Å². The first-order valence-corrected chi connectivity index (χ1v) is 5.76. The first-order chi connectivity index (χ1) is 4.21. The van der Waals surface area contributed by atoms with E-state index in [1.54, 1.807) is 4.72 Å². The van der Waals surface area contributed by atoms with Crippen molar-refractivity contribution < 1.29 is 16.8 Å². The van der Waals surface area contributed by atoms with Crippen molar-refractivity contribution in [3.05, 3.63) is 0 Å². The summed E-state index contributed by atoms with van der Waals surface area (Å²) in [4.78, 5) is 0. The lowest BCUT2D eigenvalue weighted by Crippen LogP contribution is -2.34. The second-order valence-electron chi connectivity index (χ2n) is 1.76. The first kappa shape index (κ1) is 9.82. The molecule has 0 heterocycles. The predicted octanol–water partition coefficient (Wildman–Crippen LogP) is -2.22. The molecule has 0 aromatic heterocycles. The summed E-state index contributed by atoms with van der Waals surface area (Å²) in [5.41, 5.74) is 0. The average molecular weight is 188 g/mol. The van der Waals surface area contributed by atoms with E-state index in [1.807, 2.05) is 0 Å². The fourth-order valence-corrected chi connectivity index (χ4v) is 1.70. The molecule has 0 unspecified atom stereocenters. The molecule has 0 amide bonds. The third-order valence-electron chi connectivity index (χ3n) is 0.522. The van der Waals surface area contributed by atoms with Crippen LogP contribution in [0.1, 0.15) is 0 Å². The minimum absolute atomic E-state index is 0.661. The van der Waals surface area contributed by atoms with Gasteiger partial charge in [-0.1, -0.05) is 0 Å². The minimum Gasteiger partial charge on any atom is -0.228 e. The summed E-state index contributed by atoms with van der Waals surface area (Å²) in [7, 11) is -7.21. The first-order valence-electron chi connectivity index (χ1n) is 2.16. The molecular weight excluding hydrogens is 180 g/mol. The lowest BCUT2D eigenvalue weighted by Gasteiger charge is -1.97. The molecule has 0 aliphatic heterocycles. The third kappa shape index (κ3) is 7.82. The zero-order chi connectivity index (χ0) is 8.41. The minimum atomic E-state index is -3.89. The van der Waals surface area contributed by atoms with Gasteiger partial charge in [-0.15, -0.1) is 0 Å². The van der Waals surface area contributed by atoms with Crippen LogP contribution in [-0.4, -0.2) is 29.0 Å². The zero-order valence-electron chi connectivity index (χ0n) is 5.23. The predicted molar refractivity (Wildman–Crippen MR) is 36.0 cm³/mol. The van der Waals surface area contributed by atoms with Crippen LogP contribution in [0.3, 0.4) is 0 Å². The largest absolute Gasteiger partial charge is 0.275 e. The van der Waals surface area contributed by atoms with Gasteiger partial charge in [-0.2, -0.15) is 13.1 Å². The van der Waals surface area contributed by atoms with Crippen molar-refractivity contribution in [3.8, 4) is 0 Å². The fourth-order valence-electron chi connectivity index (χ4n) is 0.189. The molecule has 0 spiro atoms. The quantitative estimate of drug-likeness (QED) is 0.523. The van der Waals surface area contributed by atoms with Gasteiger partial charge in [0.25, 0.3) is 10.2 Å². The Bertz CT molecular complexity index is 255. The Morgan fingerprint density at radius 2 is 1.70 bits per heavy atom. The maximum absolute atomic E-state index is 10.3. The maximum atomic E-state index is 10.3. The summed E-state index contributed by atoms with van der Waals surface area (Å²) >= 11 is 0. The van der Waals surface area contributed by atoms with Gasteiger partial charge >= 0.3 is 0 Å². The molecule has 0 bridgehead atoms. The van der Waals surface area contributed by atoms with Crippen molar-refractivity contribution in [1.29, 1.82) is 0 Å². The van der Waals surface area contributed by atoms with Crippen molar-refractivity contribution >= 4 is 20.0 Å². The molecule has 0 aliphatic rings. The van der Waals surface area contributed by atoms with E-state index in [0.717, 1.165) is 6.26 Å². The lowest BCUT2D eigenvalue weighted by molar-refractivity contribution is 0.579. The Balaban J connectivity index is 4.05. The van der Waals surface area contributed by atoms with Crippen molar-refractivity contribution in [2.75, 3.05) is 12.1 Å². The van der Waals surface area contributed by atoms with Crippen LogP contribution < -0.4 is 9.86 Å². The van der Waals surface area contributed by atoms with Gasteiger partial charge < -0.3 is 0 Å². The molecule has 8 heteroatoms. The van der Waals surface area contributed by atoms with Crippen molar-refractivity contribution in [2.24, 2.45) is 5.14 Å². The Morgan fingerprint density at radius 3 is 1.80 bits per heavy atom. The number of rotatable bonds is 3. The van der Waals surface area contributed by atoms with Gasteiger partial charge in [-0.05, 0) is 0 Å². The number of nitrogens with one attached hydrogen (secondary N) is 1. The van der Waals surface area contributed by atoms with E-state index in [-0.39, 0.29) is 0 Å². The Labute approximate surface area is 59.5 Å². The van der Waals surface area contributed by atoms with E-state index in [1.165, 1.54) is 0 Å². The van der Waals surface area contributed by atoms with E-state index >= 15 is 0 Å². The molecule has 0 saturated carbocycles. The lowest BCUT2D eigenvalue weighted by atomic mass is 11.5. The molecule has 0 atom stereocenters. The molecule has 0 fully saturated rings. The second kappa shape index (κ2) is 2.82. The number of hydrogen-bond acceptors (Lipinski definition) is 4. The Hall–Kier alpha value is -0.180. The molecular formula is C2H8N2O4S2. The Morgan fingerprint density at radius 1 is 1.30 bits per heavy atom. The summed E-state index contributed by atoms with van der Waals surface area (Å²) in [6, 6.07) is 0. The normalized spacial score (nSPS) is 13.4. The number of nitrogens with two attached hydrogens (primary N) is 1. The third-order valence-corrected chi connectivity index (χ3v) is 1.92. The smallest absolute Gasteiger partial charge is 0.228 e. The SMILES string of the molecule is CS(=O)(=O)CNS(N)(=O)=O. The standard InChI is InChI=1S/C2H8N2O4S2/c1-9(5,6)2-4-10(3,7)8/h4H,2H2,1H3,(H2,3,7,8). The summed E-state index contributed by atoms with van der Waals surface area (Å²) in [5, 5.41) is 4.44. The summed E-state index contributed by atoms with van der Waals surface area (Å²) in [5.74, 6) is -0.661. The van der Waals surface area contributed by atoms with Crippen molar-refractivity contribution in [2.45, 2.75) is 0 Å². The van der Waals surface area contributed by atoms with Crippen LogP contribution >= 0.6 is 0 Å². The van der Waals surface area contributed by atoms with E-state index in [0.29, 0.717) is 0 Å². The van der Waals surface area contributed by atoms with Gasteiger partial charge in [-0.25, -0.2) is 13.6 Å². The van der Waals surface area contributed by atoms with E-state index in [4.69, 9.17) is 0 Å². The molecule has 0 rings (SSSR count). The molecule has 0 aromatic carbocycles. The van der Waals surface area contributed by atoms with Crippen LogP contribution in [0.5, 0.6) is 0 Å². The molecule has 0 aromatic rings. The maximum Gasteiger partial charge on any atom is 0.275 e. The molecule has 6 nitrogen and oxygen atoms in total. The average Bonchev–Trinajstić information content (AvgIpc) is 1.57. The van der Waals surface area contributed by atoms with Gasteiger partial charge in [0.2, 0.25) is 0 Å². The van der Waals surface area contributed by atoms with Gasteiger partial charge in [0.15, 0.2) is 9.84 Å². The zero-order valence-corrected chi connectivity index (χ0v) is 6.87. The van der Waals surface area contributed by atoms with Gasteiger partial charge in [-0.3, -0.25) is 0 Å². The van der Waals surface area contributed by atoms with Gasteiger partial charge in [0, 0.05) is 6.26 Å². The highest BCUT2D eigenvalue weighted by Gasteiger charge is 2.06. The van der Waals surface area contributed by atoms with Crippen molar-refractivity contribution in [1.82, 2.24) is 4.72 Å².